The molecule has 0 unspecified atom stereocenters. The van der Waals surface area contributed by atoms with E-state index in [1.165, 1.54) is 0 Å². The summed E-state index contributed by atoms with van der Waals surface area (Å²) >= 11 is 12.7. The van der Waals surface area contributed by atoms with Crippen LogP contribution in [0.15, 0.2) is 67.0 Å². The molecule has 0 fully saturated rings. The third-order valence-corrected chi connectivity index (χ3v) is 5.86. The van der Waals surface area contributed by atoms with Crippen LogP contribution >= 0.6 is 23.2 Å². The van der Waals surface area contributed by atoms with Crippen molar-refractivity contribution in [2.45, 2.75) is 13.3 Å². The van der Waals surface area contributed by atoms with Crippen molar-refractivity contribution in [3.63, 3.8) is 0 Å². The number of tetrazole rings is 1. The van der Waals surface area contributed by atoms with E-state index in [9.17, 15) is 4.79 Å². The minimum absolute atomic E-state index is 0.202. The lowest BCUT2D eigenvalue weighted by Crippen LogP contribution is -2.15. The molecule has 3 heterocycles. The number of carbonyl (C=O) groups is 1. The number of anilines is 1. The number of carbonyl (C=O) groups excluding carboxylic acids is 1. The summed E-state index contributed by atoms with van der Waals surface area (Å²) in [6, 6.07) is 16.4. The molecule has 0 aliphatic heterocycles. The summed E-state index contributed by atoms with van der Waals surface area (Å²) in [4.78, 5) is 17.4. The molecular formula is C24H18Cl2N8O. The Morgan fingerprint density at radius 1 is 1.06 bits per heavy atom. The topological polar surface area (TPSA) is 114 Å². The summed E-state index contributed by atoms with van der Waals surface area (Å²) < 4.78 is 1.65. The van der Waals surface area contributed by atoms with Gasteiger partial charge in [0.1, 0.15) is 0 Å². The number of aryl methyl sites for hydroxylation is 1. The average Bonchev–Trinajstić information content (AvgIpc) is 3.49. The maximum absolute atomic E-state index is 13.5. The maximum atomic E-state index is 13.5. The first-order chi connectivity index (χ1) is 17.0. The third kappa shape index (κ3) is 4.77. The predicted molar refractivity (Wildman–Crippen MR) is 133 cm³/mol. The zero-order valence-electron chi connectivity index (χ0n) is 18.4. The quantitative estimate of drug-likeness (QED) is 0.339. The minimum Gasteiger partial charge on any atom is -0.320 e. The highest BCUT2D eigenvalue weighted by molar-refractivity contribution is 6.35. The van der Waals surface area contributed by atoms with Gasteiger partial charge in [-0.05, 0) is 37.3 Å². The van der Waals surface area contributed by atoms with Crippen LogP contribution in [0.1, 0.15) is 27.4 Å². The number of pyridine rings is 1. The Balaban J connectivity index is 1.73. The Kier molecular flexibility index (Phi) is 6.26. The smallest absolute Gasteiger partial charge is 0.276 e. The first-order valence-electron chi connectivity index (χ1n) is 10.6. The zero-order chi connectivity index (χ0) is 24.4. The van der Waals surface area contributed by atoms with E-state index in [1.807, 2.05) is 31.2 Å². The highest BCUT2D eigenvalue weighted by Crippen LogP contribution is 2.34. The molecule has 9 nitrogen and oxygen atoms in total. The first-order valence-corrected chi connectivity index (χ1v) is 11.3. The Morgan fingerprint density at radius 2 is 1.83 bits per heavy atom. The lowest BCUT2D eigenvalue weighted by atomic mass is 10.0. The molecule has 174 valence electrons. The van der Waals surface area contributed by atoms with E-state index in [-0.39, 0.29) is 12.1 Å². The summed E-state index contributed by atoms with van der Waals surface area (Å²) in [5, 5.41) is 22.8. The summed E-state index contributed by atoms with van der Waals surface area (Å²) in [6.07, 6.45) is 3.41. The number of H-pyrrole nitrogens is 1. The number of hydrogen-bond donors (Lipinski definition) is 2. The Morgan fingerprint density at radius 3 is 2.51 bits per heavy atom. The fourth-order valence-electron chi connectivity index (χ4n) is 3.68. The van der Waals surface area contributed by atoms with Crippen molar-refractivity contribution in [3.05, 3.63) is 99.7 Å². The van der Waals surface area contributed by atoms with Gasteiger partial charge in [0.15, 0.2) is 11.5 Å². The fraction of sp³-hybridized carbons (Fsp3) is 0.0833. The van der Waals surface area contributed by atoms with Gasteiger partial charge in [0.25, 0.3) is 5.91 Å². The molecule has 0 atom stereocenters. The highest BCUT2D eigenvalue weighted by Gasteiger charge is 2.27. The van der Waals surface area contributed by atoms with E-state index in [2.05, 4.69) is 30.9 Å². The number of amides is 1. The molecule has 0 bridgehead atoms. The van der Waals surface area contributed by atoms with E-state index >= 15 is 0 Å². The molecule has 0 saturated carbocycles. The molecule has 0 aliphatic carbocycles. The molecule has 0 radical (unpaired) electrons. The highest BCUT2D eigenvalue weighted by atomic mass is 35.5. The van der Waals surface area contributed by atoms with Crippen LogP contribution < -0.4 is 5.32 Å². The van der Waals surface area contributed by atoms with Gasteiger partial charge >= 0.3 is 0 Å². The molecule has 0 spiro atoms. The van der Waals surface area contributed by atoms with Gasteiger partial charge in [-0.15, -0.1) is 10.2 Å². The second-order valence-electron chi connectivity index (χ2n) is 7.74. The number of nitrogens with zero attached hydrogens (tertiary/aromatic N) is 6. The van der Waals surface area contributed by atoms with E-state index in [0.717, 1.165) is 11.1 Å². The monoisotopic (exact) mass is 504 g/mol. The lowest BCUT2D eigenvalue weighted by Gasteiger charge is -2.12. The van der Waals surface area contributed by atoms with Gasteiger partial charge in [-0.3, -0.25) is 9.78 Å². The van der Waals surface area contributed by atoms with E-state index < -0.39 is 5.91 Å². The average molecular weight is 505 g/mol. The molecule has 1 amide bonds. The zero-order valence-corrected chi connectivity index (χ0v) is 19.9. The SMILES string of the molecule is Cc1ccc(-c2c(Cc3nn[nH]n3)c(C(=O)Nc3ccncc3)nn2-c2ccc(Cl)cc2Cl)cc1. The number of hydrogen-bond acceptors (Lipinski definition) is 6. The van der Waals surface area contributed by atoms with Crippen molar-refractivity contribution in [3.8, 4) is 16.9 Å². The second-order valence-corrected chi connectivity index (χ2v) is 8.59. The molecule has 11 heteroatoms. The van der Waals surface area contributed by atoms with Gasteiger partial charge in [-0.2, -0.15) is 10.3 Å². The number of benzene rings is 2. The van der Waals surface area contributed by atoms with Gasteiger partial charge in [0, 0.05) is 40.7 Å². The van der Waals surface area contributed by atoms with E-state index in [4.69, 9.17) is 28.3 Å². The van der Waals surface area contributed by atoms with Crippen molar-refractivity contribution in [1.82, 2.24) is 35.4 Å². The van der Waals surface area contributed by atoms with Gasteiger partial charge < -0.3 is 5.32 Å². The lowest BCUT2D eigenvalue weighted by molar-refractivity contribution is 0.102. The summed E-state index contributed by atoms with van der Waals surface area (Å²) in [5.41, 5.74) is 4.60. The van der Waals surface area contributed by atoms with Gasteiger partial charge in [-0.25, -0.2) is 4.68 Å². The third-order valence-electron chi connectivity index (χ3n) is 5.32. The molecule has 2 N–H and O–H groups in total. The number of nitrogens with one attached hydrogen (secondary N) is 2. The van der Waals surface area contributed by atoms with Gasteiger partial charge in [-0.1, -0.05) is 58.2 Å². The van der Waals surface area contributed by atoms with Crippen molar-refractivity contribution in [2.24, 2.45) is 0 Å². The van der Waals surface area contributed by atoms with Crippen LogP contribution in [-0.4, -0.2) is 41.3 Å². The molecule has 2 aromatic carbocycles. The molecular weight excluding hydrogens is 487 g/mol. The van der Waals surface area contributed by atoms with Crippen LogP contribution in [0.25, 0.3) is 16.9 Å². The summed E-state index contributed by atoms with van der Waals surface area (Å²) in [6.45, 7) is 2.00. The van der Waals surface area contributed by atoms with Crippen LogP contribution in [0, 0.1) is 6.92 Å². The molecule has 0 aliphatic rings. The Hall–Kier alpha value is -4.08. The first kappa shape index (κ1) is 22.7. The fourth-order valence-corrected chi connectivity index (χ4v) is 4.17. The van der Waals surface area contributed by atoms with Gasteiger partial charge in [0.05, 0.1) is 16.4 Å². The predicted octanol–water partition coefficient (Wildman–Crippen LogP) is 4.91. The number of halogens is 2. The summed E-state index contributed by atoms with van der Waals surface area (Å²) in [7, 11) is 0. The number of aromatic amines is 1. The molecule has 35 heavy (non-hydrogen) atoms. The molecule has 0 saturated heterocycles. The number of rotatable bonds is 6. The van der Waals surface area contributed by atoms with Crippen LogP contribution in [0.5, 0.6) is 0 Å². The Labute approximate surface area is 210 Å². The van der Waals surface area contributed by atoms with Crippen LogP contribution in [-0.2, 0) is 6.42 Å². The Bertz CT molecular complexity index is 1480. The van der Waals surface area contributed by atoms with E-state index in [1.54, 1.807) is 47.4 Å². The molecule has 5 rings (SSSR count). The second kappa shape index (κ2) is 9.65. The largest absolute Gasteiger partial charge is 0.320 e. The molecule has 3 aromatic heterocycles. The van der Waals surface area contributed by atoms with Gasteiger partial charge in [0.2, 0.25) is 0 Å². The van der Waals surface area contributed by atoms with Crippen molar-refractivity contribution >= 4 is 34.8 Å². The van der Waals surface area contributed by atoms with Crippen molar-refractivity contribution in [1.29, 1.82) is 0 Å². The minimum atomic E-state index is -0.396. The van der Waals surface area contributed by atoms with Crippen molar-refractivity contribution in [2.75, 3.05) is 5.32 Å². The van der Waals surface area contributed by atoms with Crippen LogP contribution in [0.2, 0.25) is 10.0 Å². The normalized spacial score (nSPS) is 10.9. The standard InChI is InChI=1S/C24H18Cl2N8O/c1-14-2-4-15(5-3-14)23-18(13-21-29-32-33-30-21)22(24(35)28-17-8-10-27-11-9-17)31-34(23)20-7-6-16(25)12-19(20)26/h2-12H,13H2,1H3,(H,27,28,35)(H,29,30,32,33). The van der Waals surface area contributed by atoms with Crippen LogP contribution in [0.4, 0.5) is 5.69 Å². The number of aromatic nitrogens is 7. The summed E-state index contributed by atoms with van der Waals surface area (Å²) in [5.74, 6) is 0.0185. The van der Waals surface area contributed by atoms with E-state index in [0.29, 0.717) is 38.5 Å². The molecule has 5 aromatic rings. The van der Waals surface area contributed by atoms with Crippen LogP contribution in [0.3, 0.4) is 0 Å². The van der Waals surface area contributed by atoms with Crippen molar-refractivity contribution < 1.29 is 4.79 Å². The maximum Gasteiger partial charge on any atom is 0.276 e.